The van der Waals surface area contributed by atoms with Crippen molar-refractivity contribution in [2.24, 2.45) is 0 Å². The maximum Gasteiger partial charge on any atom is 0.230 e. The number of nitrogens with one attached hydrogen (secondary N) is 1. The van der Waals surface area contributed by atoms with E-state index in [4.69, 9.17) is 5.84 Å². The van der Waals surface area contributed by atoms with E-state index in [0.717, 1.165) is 30.7 Å². The molecule has 0 aliphatic rings. The summed E-state index contributed by atoms with van der Waals surface area (Å²) in [6, 6.07) is 9.84. The molecule has 0 aliphatic heterocycles. The van der Waals surface area contributed by atoms with E-state index in [1.165, 1.54) is 16.4 Å². The van der Waals surface area contributed by atoms with Gasteiger partial charge in [-0.3, -0.25) is 4.79 Å². The lowest BCUT2D eigenvalue weighted by molar-refractivity contribution is -0.119. The number of nitrogens with two attached hydrogens (primary N) is 1. The van der Waals surface area contributed by atoms with Crippen LogP contribution >= 0.6 is 11.8 Å². The van der Waals surface area contributed by atoms with Crippen LogP contribution in [0.4, 0.5) is 0 Å². The Morgan fingerprint density at radius 3 is 2.78 bits per heavy atom. The van der Waals surface area contributed by atoms with E-state index in [1.807, 2.05) is 37.3 Å². The Kier molecular flexibility index (Phi) is 6.46. The monoisotopic (exact) mass is 333 g/mol. The minimum atomic E-state index is -0.0514. The highest BCUT2D eigenvalue weighted by molar-refractivity contribution is 7.99. The van der Waals surface area contributed by atoms with Crippen molar-refractivity contribution in [2.75, 3.05) is 11.6 Å². The van der Waals surface area contributed by atoms with Gasteiger partial charge in [0.2, 0.25) is 11.1 Å². The number of thioether (sulfide) groups is 1. The van der Waals surface area contributed by atoms with Crippen LogP contribution in [0, 0.1) is 0 Å². The normalized spacial score (nSPS) is 12.1. The standard InChI is InChI=1S/C16H23N5OS/c1-3-4-10-14-19-20-16(21(14)17)23-11-15(22)18-12(2)13-8-6-5-7-9-13/h5-9,12H,3-4,10-11,17H2,1-2H3,(H,18,22). The zero-order valence-corrected chi connectivity index (χ0v) is 14.3. The zero-order valence-electron chi connectivity index (χ0n) is 13.5. The van der Waals surface area contributed by atoms with E-state index in [1.54, 1.807) is 0 Å². The van der Waals surface area contributed by atoms with Crippen molar-refractivity contribution < 1.29 is 4.79 Å². The summed E-state index contributed by atoms with van der Waals surface area (Å²) in [6.07, 6.45) is 2.90. The molecular weight excluding hydrogens is 310 g/mol. The Balaban J connectivity index is 1.84. The van der Waals surface area contributed by atoms with Crippen molar-refractivity contribution in [2.45, 2.75) is 44.3 Å². The van der Waals surface area contributed by atoms with Crippen LogP contribution in [0.25, 0.3) is 0 Å². The molecule has 23 heavy (non-hydrogen) atoms. The molecular formula is C16H23N5OS. The highest BCUT2D eigenvalue weighted by atomic mass is 32.2. The van der Waals surface area contributed by atoms with Crippen LogP contribution in [-0.2, 0) is 11.2 Å². The molecule has 0 saturated carbocycles. The van der Waals surface area contributed by atoms with Crippen molar-refractivity contribution in [3.05, 3.63) is 41.7 Å². The maximum absolute atomic E-state index is 12.1. The number of carbonyl (C=O) groups excluding carboxylic acids is 1. The molecule has 1 aromatic heterocycles. The Hall–Kier alpha value is -2.02. The number of benzene rings is 1. The number of nitrogens with zero attached hydrogens (tertiary/aromatic N) is 3. The number of rotatable bonds is 8. The first-order valence-corrected chi connectivity index (χ1v) is 8.76. The van der Waals surface area contributed by atoms with Gasteiger partial charge in [-0.05, 0) is 18.9 Å². The molecule has 0 bridgehead atoms. The van der Waals surface area contributed by atoms with E-state index in [-0.39, 0.29) is 17.7 Å². The first kappa shape index (κ1) is 17.3. The van der Waals surface area contributed by atoms with Crippen LogP contribution in [-0.4, -0.2) is 26.5 Å². The lowest BCUT2D eigenvalue weighted by atomic mass is 10.1. The largest absolute Gasteiger partial charge is 0.349 e. The highest BCUT2D eigenvalue weighted by Gasteiger charge is 2.13. The Bertz CT molecular complexity index is 629. The predicted octanol–water partition coefficient (Wildman–Crippen LogP) is 2.30. The van der Waals surface area contributed by atoms with Gasteiger partial charge in [-0.15, -0.1) is 10.2 Å². The third-order valence-electron chi connectivity index (χ3n) is 3.50. The fourth-order valence-electron chi connectivity index (χ4n) is 2.15. The SMILES string of the molecule is CCCCc1nnc(SCC(=O)NC(C)c2ccccc2)n1N. The average molecular weight is 333 g/mol. The van der Waals surface area contributed by atoms with Crippen LogP contribution in [0.2, 0.25) is 0 Å². The van der Waals surface area contributed by atoms with Gasteiger partial charge in [-0.2, -0.15) is 0 Å². The second-order valence-corrected chi connectivity index (χ2v) is 6.30. The third kappa shape index (κ3) is 4.99. The van der Waals surface area contributed by atoms with Gasteiger partial charge in [0.15, 0.2) is 5.82 Å². The number of amides is 1. The first-order valence-electron chi connectivity index (χ1n) is 7.78. The number of carbonyl (C=O) groups is 1. The number of hydrogen-bond acceptors (Lipinski definition) is 5. The zero-order chi connectivity index (χ0) is 16.7. The lowest BCUT2D eigenvalue weighted by Gasteiger charge is -2.13. The molecule has 1 aromatic carbocycles. The van der Waals surface area contributed by atoms with Crippen LogP contribution in [0.1, 0.15) is 44.1 Å². The molecule has 1 atom stereocenters. The molecule has 1 unspecified atom stereocenters. The molecule has 0 radical (unpaired) electrons. The van der Waals surface area contributed by atoms with Crippen molar-refractivity contribution in [3.8, 4) is 0 Å². The summed E-state index contributed by atoms with van der Waals surface area (Å²) in [5.74, 6) is 6.93. The molecule has 0 fully saturated rings. The number of aromatic nitrogens is 3. The van der Waals surface area contributed by atoms with Gasteiger partial charge < -0.3 is 11.2 Å². The van der Waals surface area contributed by atoms with Crippen molar-refractivity contribution in [3.63, 3.8) is 0 Å². The summed E-state index contributed by atoms with van der Waals surface area (Å²) in [5, 5.41) is 11.7. The summed E-state index contributed by atoms with van der Waals surface area (Å²) >= 11 is 1.30. The Labute approximate surface area is 140 Å². The molecule has 124 valence electrons. The summed E-state index contributed by atoms with van der Waals surface area (Å²) in [5.41, 5.74) is 1.08. The van der Waals surface area contributed by atoms with Crippen LogP contribution in [0.5, 0.6) is 0 Å². The number of hydrogen-bond donors (Lipinski definition) is 2. The number of nitrogen functional groups attached to an aromatic ring is 1. The molecule has 3 N–H and O–H groups in total. The minimum Gasteiger partial charge on any atom is -0.349 e. The summed E-state index contributed by atoms with van der Waals surface area (Å²) < 4.78 is 1.48. The number of unbranched alkanes of at least 4 members (excludes halogenated alkanes) is 1. The molecule has 1 heterocycles. The van der Waals surface area contributed by atoms with Gasteiger partial charge >= 0.3 is 0 Å². The van der Waals surface area contributed by atoms with Crippen LogP contribution in [0.15, 0.2) is 35.5 Å². The van der Waals surface area contributed by atoms with Gasteiger partial charge in [0.05, 0.1) is 11.8 Å². The van der Waals surface area contributed by atoms with Crippen LogP contribution in [0.3, 0.4) is 0 Å². The van der Waals surface area contributed by atoms with E-state index in [0.29, 0.717) is 5.16 Å². The summed E-state index contributed by atoms with van der Waals surface area (Å²) in [4.78, 5) is 12.1. The minimum absolute atomic E-state index is 0.0276. The fourth-order valence-corrected chi connectivity index (χ4v) is 2.84. The summed E-state index contributed by atoms with van der Waals surface area (Å²) in [6.45, 7) is 4.08. The molecule has 2 aromatic rings. The molecule has 0 aliphatic carbocycles. The lowest BCUT2D eigenvalue weighted by Crippen LogP contribution is -2.28. The summed E-state index contributed by atoms with van der Waals surface area (Å²) in [7, 11) is 0. The third-order valence-corrected chi connectivity index (χ3v) is 4.44. The van der Waals surface area contributed by atoms with Gasteiger partial charge in [0.25, 0.3) is 0 Å². The van der Waals surface area contributed by atoms with Crippen molar-refractivity contribution in [1.82, 2.24) is 20.2 Å². The van der Waals surface area contributed by atoms with Gasteiger partial charge in [-0.1, -0.05) is 55.4 Å². The van der Waals surface area contributed by atoms with E-state index < -0.39 is 0 Å². The van der Waals surface area contributed by atoms with E-state index >= 15 is 0 Å². The quantitative estimate of drug-likeness (QED) is 0.572. The molecule has 0 spiro atoms. The maximum atomic E-state index is 12.1. The molecule has 1 amide bonds. The predicted molar refractivity (Wildman–Crippen MR) is 92.5 cm³/mol. The fraction of sp³-hybridized carbons (Fsp3) is 0.438. The Morgan fingerprint density at radius 1 is 1.35 bits per heavy atom. The Morgan fingerprint density at radius 2 is 2.09 bits per heavy atom. The van der Waals surface area contributed by atoms with Gasteiger partial charge in [0, 0.05) is 6.42 Å². The van der Waals surface area contributed by atoms with Gasteiger partial charge in [0.1, 0.15) is 0 Å². The molecule has 0 saturated heterocycles. The number of aryl methyl sites for hydroxylation is 1. The van der Waals surface area contributed by atoms with Crippen molar-refractivity contribution >= 4 is 17.7 Å². The van der Waals surface area contributed by atoms with Gasteiger partial charge in [-0.25, -0.2) is 4.68 Å². The first-order chi connectivity index (χ1) is 11.1. The van der Waals surface area contributed by atoms with E-state index in [9.17, 15) is 4.79 Å². The second-order valence-electron chi connectivity index (χ2n) is 5.36. The molecule has 2 rings (SSSR count). The highest BCUT2D eigenvalue weighted by Crippen LogP contribution is 2.16. The molecule has 6 nitrogen and oxygen atoms in total. The van der Waals surface area contributed by atoms with E-state index in [2.05, 4.69) is 22.4 Å². The topological polar surface area (TPSA) is 85.8 Å². The smallest absolute Gasteiger partial charge is 0.230 e. The molecule has 7 heteroatoms. The van der Waals surface area contributed by atoms with Crippen LogP contribution < -0.4 is 11.2 Å². The average Bonchev–Trinajstić information content (AvgIpc) is 2.92. The second kappa shape index (κ2) is 8.57. The van der Waals surface area contributed by atoms with Crippen molar-refractivity contribution in [1.29, 1.82) is 0 Å².